The molecule has 2 fully saturated rings. The number of anilines is 2. The number of nitriles is 1. The van der Waals surface area contributed by atoms with Gasteiger partial charge in [0, 0.05) is 18.8 Å². The monoisotopic (exact) mass is 539 g/mol. The van der Waals surface area contributed by atoms with Crippen LogP contribution >= 0.6 is 0 Å². The zero-order chi connectivity index (χ0) is 28.0. The van der Waals surface area contributed by atoms with Crippen LogP contribution in [0.4, 0.5) is 37.8 Å². The molecular formula is C25H23F6N5O2. The van der Waals surface area contributed by atoms with Gasteiger partial charge < -0.3 is 15.1 Å². The van der Waals surface area contributed by atoms with Crippen LogP contribution in [0, 0.1) is 24.2 Å². The highest BCUT2D eigenvalue weighted by atomic mass is 19.4. The molecule has 2 heterocycles. The molecule has 13 heteroatoms. The molecule has 1 aromatic heterocycles. The second-order valence-electron chi connectivity index (χ2n) is 9.45. The van der Waals surface area contributed by atoms with Crippen molar-refractivity contribution in [3.63, 3.8) is 0 Å². The summed E-state index contributed by atoms with van der Waals surface area (Å²) in [7, 11) is 1.51. The predicted molar refractivity (Wildman–Crippen MR) is 124 cm³/mol. The summed E-state index contributed by atoms with van der Waals surface area (Å²) >= 11 is 0. The maximum atomic E-state index is 13.7. The Morgan fingerprint density at radius 2 is 1.87 bits per heavy atom. The molecule has 1 saturated heterocycles. The summed E-state index contributed by atoms with van der Waals surface area (Å²) < 4.78 is 81.5. The van der Waals surface area contributed by atoms with E-state index in [9.17, 15) is 41.2 Å². The number of aryl methyl sites for hydroxylation is 1. The quantitative estimate of drug-likeness (QED) is 0.568. The number of amides is 2. The summed E-state index contributed by atoms with van der Waals surface area (Å²) in [4.78, 5) is 31.7. The van der Waals surface area contributed by atoms with Crippen molar-refractivity contribution in [2.24, 2.45) is 5.92 Å². The van der Waals surface area contributed by atoms with Crippen molar-refractivity contribution in [3.8, 4) is 6.07 Å². The molecule has 3 atom stereocenters. The number of alkyl halides is 6. The van der Waals surface area contributed by atoms with Crippen LogP contribution in [0.3, 0.4) is 0 Å². The Hall–Kier alpha value is -3.82. The third kappa shape index (κ3) is 5.12. The topological polar surface area (TPSA) is 89.3 Å². The standard InChI is InChI=1S/C25H23F6N5O2/c1-13-4-3-5-15(8-13)35(2)20(37)12-33-23(38)21-14-6-7-16(9-14)36(21)22-17(11-32)18(24(26,27)28)10-19(34-22)25(29,30)31/h3-5,8,10,14,16,21H,6-7,9,12H2,1-2H3,(H,33,38)/t14-,16+,21-/m0/s1. The molecule has 1 aromatic carbocycles. The molecule has 38 heavy (non-hydrogen) atoms. The minimum atomic E-state index is -5.26. The van der Waals surface area contributed by atoms with E-state index in [1.165, 1.54) is 18.0 Å². The van der Waals surface area contributed by atoms with E-state index in [-0.39, 0.29) is 12.0 Å². The second-order valence-corrected chi connectivity index (χ2v) is 9.45. The number of benzene rings is 1. The Morgan fingerprint density at radius 1 is 1.16 bits per heavy atom. The summed E-state index contributed by atoms with van der Waals surface area (Å²) in [5.74, 6) is -2.43. The number of carbonyl (C=O) groups excluding carboxylic acids is 2. The lowest BCUT2D eigenvalue weighted by atomic mass is 9.96. The van der Waals surface area contributed by atoms with Gasteiger partial charge in [0.05, 0.1) is 12.1 Å². The number of halogens is 6. The average molecular weight is 539 g/mol. The summed E-state index contributed by atoms with van der Waals surface area (Å²) in [6, 6.07) is 6.45. The van der Waals surface area contributed by atoms with Crippen molar-refractivity contribution in [2.75, 3.05) is 23.4 Å². The number of hydrogen-bond donors (Lipinski definition) is 1. The number of nitrogens with one attached hydrogen (secondary N) is 1. The Labute approximate surface area is 214 Å². The summed E-state index contributed by atoms with van der Waals surface area (Å²) in [6.07, 6.45) is -9.21. The number of aromatic nitrogens is 1. The molecule has 0 spiro atoms. The Morgan fingerprint density at radius 3 is 2.47 bits per heavy atom. The van der Waals surface area contributed by atoms with Crippen LogP contribution in [0.2, 0.25) is 0 Å². The smallest absolute Gasteiger partial charge is 0.345 e. The fourth-order valence-corrected chi connectivity index (χ4v) is 5.19. The summed E-state index contributed by atoms with van der Waals surface area (Å²) in [5, 5.41) is 12.0. The number of likely N-dealkylation sites (N-methyl/N-ethyl adjacent to an activating group) is 1. The zero-order valence-electron chi connectivity index (χ0n) is 20.3. The zero-order valence-corrected chi connectivity index (χ0v) is 20.3. The SMILES string of the molecule is Cc1cccc(N(C)C(=O)CNC(=O)[C@@H]2[C@H]3CC[C@H](C3)N2c2nc(C(F)(F)F)cc(C(F)(F)F)c2C#N)c1. The van der Waals surface area contributed by atoms with Gasteiger partial charge in [0.15, 0.2) is 0 Å². The van der Waals surface area contributed by atoms with Crippen molar-refractivity contribution in [1.82, 2.24) is 10.3 Å². The van der Waals surface area contributed by atoms with Gasteiger partial charge in [-0.25, -0.2) is 4.98 Å². The highest BCUT2D eigenvalue weighted by molar-refractivity contribution is 5.97. The van der Waals surface area contributed by atoms with Crippen molar-refractivity contribution in [1.29, 1.82) is 5.26 Å². The first kappa shape index (κ1) is 27.2. The average Bonchev–Trinajstić information content (AvgIpc) is 3.46. The third-order valence-electron chi connectivity index (χ3n) is 6.98. The molecule has 4 rings (SSSR count). The van der Waals surface area contributed by atoms with Gasteiger partial charge in [-0.3, -0.25) is 9.59 Å². The van der Waals surface area contributed by atoms with Gasteiger partial charge in [0.1, 0.15) is 29.2 Å². The molecule has 7 nitrogen and oxygen atoms in total. The molecule has 1 aliphatic carbocycles. The lowest BCUT2D eigenvalue weighted by molar-refractivity contribution is -0.145. The van der Waals surface area contributed by atoms with E-state index in [0.29, 0.717) is 24.9 Å². The van der Waals surface area contributed by atoms with E-state index in [1.807, 2.05) is 13.0 Å². The lowest BCUT2D eigenvalue weighted by Gasteiger charge is -2.36. The fraction of sp³-hybridized carbons (Fsp3) is 0.440. The minimum Gasteiger partial charge on any atom is -0.345 e. The molecule has 2 amide bonds. The molecule has 1 aliphatic heterocycles. The minimum absolute atomic E-state index is 0.189. The van der Waals surface area contributed by atoms with Crippen LogP contribution in [0.5, 0.6) is 0 Å². The van der Waals surface area contributed by atoms with Crippen LogP contribution in [0.25, 0.3) is 0 Å². The maximum Gasteiger partial charge on any atom is 0.433 e. The highest BCUT2D eigenvalue weighted by Crippen LogP contribution is 2.47. The number of nitrogens with zero attached hydrogens (tertiary/aromatic N) is 4. The molecule has 0 unspecified atom stereocenters. The number of piperidine rings is 1. The largest absolute Gasteiger partial charge is 0.433 e. The van der Waals surface area contributed by atoms with E-state index < -0.39 is 65.4 Å². The second kappa shape index (κ2) is 9.81. The molecule has 2 bridgehead atoms. The van der Waals surface area contributed by atoms with Crippen molar-refractivity contribution >= 4 is 23.3 Å². The van der Waals surface area contributed by atoms with Crippen LogP contribution in [-0.4, -0.2) is 42.5 Å². The number of fused-ring (bicyclic) bond motifs is 2. The number of hydrogen-bond acceptors (Lipinski definition) is 5. The van der Waals surface area contributed by atoms with Gasteiger partial charge in [-0.05, 0) is 55.9 Å². The predicted octanol–water partition coefficient (Wildman–Crippen LogP) is 4.44. The van der Waals surface area contributed by atoms with Gasteiger partial charge in [0.2, 0.25) is 11.8 Å². The molecular weight excluding hydrogens is 516 g/mol. The van der Waals surface area contributed by atoms with Crippen molar-refractivity contribution in [3.05, 3.63) is 52.7 Å². The van der Waals surface area contributed by atoms with Crippen molar-refractivity contribution in [2.45, 2.75) is 50.6 Å². The van der Waals surface area contributed by atoms with Crippen LogP contribution in [0.1, 0.15) is 41.6 Å². The molecule has 2 aliphatic rings. The molecule has 1 saturated carbocycles. The summed E-state index contributed by atoms with van der Waals surface area (Å²) in [6.45, 7) is 1.40. The Bertz CT molecular complexity index is 1300. The lowest BCUT2D eigenvalue weighted by Crippen LogP contribution is -2.53. The number of carbonyl (C=O) groups is 2. The summed E-state index contributed by atoms with van der Waals surface area (Å²) in [5.41, 5.74) is -3.17. The third-order valence-corrected chi connectivity index (χ3v) is 6.98. The van der Waals surface area contributed by atoms with Gasteiger partial charge in [-0.1, -0.05) is 12.1 Å². The van der Waals surface area contributed by atoms with Crippen LogP contribution < -0.4 is 15.1 Å². The molecule has 202 valence electrons. The fourth-order valence-electron chi connectivity index (χ4n) is 5.19. The molecule has 2 aromatic rings. The first-order chi connectivity index (χ1) is 17.7. The van der Waals surface area contributed by atoms with Gasteiger partial charge in [-0.15, -0.1) is 0 Å². The van der Waals surface area contributed by atoms with Gasteiger partial charge >= 0.3 is 12.4 Å². The van der Waals surface area contributed by atoms with E-state index >= 15 is 0 Å². The first-order valence-electron chi connectivity index (χ1n) is 11.7. The first-order valence-corrected chi connectivity index (χ1v) is 11.7. The van der Waals surface area contributed by atoms with E-state index in [4.69, 9.17) is 0 Å². The van der Waals surface area contributed by atoms with Crippen LogP contribution in [0.15, 0.2) is 30.3 Å². The number of pyridine rings is 1. The Kier molecular flexibility index (Phi) is 7.03. The van der Waals surface area contributed by atoms with Gasteiger partial charge in [0.25, 0.3) is 0 Å². The van der Waals surface area contributed by atoms with Crippen molar-refractivity contribution < 1.29 is 35.9 Å². The normalized spacial score (nSPS) is 20.8. The Balaban J connectivity index is 1.64. The van der Waals surface area contributed by atoms with E-state index in [0.717, 1.165) is 10.5 Å². The van der Waals surface area contributed by atoms with Crippen LogP contribution in [-0.2, 0) is 21.9 Å². The number of rotatable bonds is 5. The van der Waals surface area contributed by atoms with E-state index in [2.05, 4.69) is 10.3 Å². The maximum absolute atomic E-state index is 13.7. The molecule has 0 radical (unpaired) electrons. The highest BCUT2D eigenvalue weighted by Gasteiger charge is 2.52. The molecule has 1 N–H and O–H groups in total. The van der Waals surface area contributed by atoms with E-state index in [1.54, 1.807) is 18.2 Å². The van der Waals surface area contributed by atoms with Gasteiger partial charge in [-0.2, -0.15) is 31.6 Å².